The number of carbonyl (C=O) groups is 1. The van der Waals surface area contributed by atoms with Crippen LogP contribution in [0.2, 0.25) is 0 Å². The van der Waals surface area contributed by atoms with Crippen LogP contribution in [0.15, 0.2) is 0 Å². The molecule has 0 fully saturated rings. The zero-order chi connectivity index (χ0) is 12.8. The van der Waals surface area contributed by atoms with Crippen LogP contribution in [-0.4, -0.2) is 42.2 Å². The fraction of sp³-hybridized carbons (Fsp3) is 0.917. The van der Waals surface area contributed by atoms with Crippen molar-refractivity contribution >= 4 is 17.7 Å². The van der Waals surface area contributed by atoms with Gasteiger partial charge in [-0.1, -0.05) is 12.8 Å². The lowest BCUT2D eigenvalue weighted by Crippen LogP contribution is -2.25. The Morgan fingerprint density at radius 3 is 2.59 bits per heavy atom. The molecule has 0 aliphatic carbocycles. The maximum Gasteiger partial charge on any atom is 0.220 e. The summed E-state index contributed by atoms with van der Waals surface area (Å²) in [5.41, 5.74) is 5.39. The quantitative estimate of drug-likeness (QED) is 0.461. The van der Waals surface area contributed by atoms with Gasteiger partial charge >= 0.3 is 0 Å². The van der Waals surface area contributed by atoms with Crippen LogP contribution < -0.4 is 11.1 Å². The third kappa shape index (κ3) is 13.7. The first-order valence-electron chi connectivity index (χ1n) is 6.46. The molecule has 0 saturated carbocycles. The van der Waals surface area contributed by atoms with Crippen LogP contribution in [0, 0.1) is 0 Å². The molecule has 0 spiro atoms. The third-order valence-corrected chi connectivity index (χ3v) is 3.44. The minimum Gasteiger partial charge on any atom is -0.396 e. The van der Waals surface area contributed by atoms with Crippen LogP contribution in [0.1, 0.15) is 38.5 Å². The Morgan fingerprint density at radius 1 is 1.12 bits per heavy atom. The minimum absolute atomic E-state index is 0.153. The molecule has 102 valence electrons. The number of hydrogen-bond acceptors (Lipinski definition) is 4. The maximum absolute atomic E-state index is 11.4. The number of hydrogen-bond donors (Lipinski definition) is 3. The number of unbranched alkanes of at least 4 members (excludes halogenated alkanes) is 3. The highest BCUT2D eigenvalue weighted by atomic mass is 32.2. The summed E-state index contributed by atoms with van der Waals surface area (Å²) in [5, 5.41) is 11.5. The van der Waals surface area contributed by atoms with Gasteiger partial charge in [-0.3, -0.25) is 4.79 Å². The second-order valence-corrected chi connectivity index (χ2v) is 5.22. The highest BCUT2D eigenvalue weighted by Gasteiger charge is 1.99. The van der Waals surface area contributed by atoms with Crippen molar-refractivity contribution in [2.75, 3.05) is 31.2 Å². The molecule has 0 unspecified atom stereocenters. The Morgan fingerprint density at radius 2 is 1.88 bits per heavy atom. The average molecular weight is 262 g/mol. The summed E-state index contributed by atoms with van der Waals surface area (Å²) in [5.74, 6) is 2.05. The molecule has 0 atom stereocenters. The molecule has 4 nitrogen and oxygen atoms in total. The SMILES string of the molecule is NCCCCCCC(=O)NCCSCCCO. The van der Waals surface area contributed by atoms with E-state index >= 15 is 0 Å². The molecule has 0 aromatic heterocycles. The number of nitrogens with one attached hydrogen (secondary N) is 1. The lowest BCUT2D eigenvalue weighted by molar-refractivity contribution is -0.121. The van der Waals surface area contributed by atoms with E-state index in [9.17, 15) is 4.79 Å². The molecule has 0 saturated heterocycles. The molecule has 0 aromatic rings. The Kier molecular flexibility index (Phi) is 13.6. The number of aliphatic hydroxyl groups is 1. The van der Waals surface area contributed by atoms with Crippen LogP contribution in [-0.2, 0) is 4.79 Å². The lowest BCUT2D eigenvalue weighted by Gasteiger charge is -2.04. The van der Waals surface area contributed by atoms with E-state index in [1.165, 1.54) is 0 Å². The van der Waals surface area contributed by atoms with Crippen molar-refractivity contribution < 1.29 is 9.90 Å². The topological polar surface area (TPSA) is 75.4 Å². The second kappa shape index (κ2) is 13.8. The van der Waals surface area contributed by atoms with E-state index < -0.39 is 0 Å². The summed E-state index contributed by atoms with van der Waals surface area (Å²) in [4.78, 5) is 11.4. The van der Waals surface area contributed by atoms with Crippen molar-refractivity contribution in [3.05, 3.63) is 0 Å². The van der Waals surface area contributed by atoms with Crippen LogP contribution in [0.3, 0.4) is 0 Å². The zero-order valence-electron chi connectivity index (χ0n) is 10.6. The third-order valence-electron chi connectivity index (χ3n) is 2.37. The van der Waals surface area contributed by atoms with Crippen molar-refractivity contribution in [2.24, 2.45) is 5.73 Å². The Labute approximate surface area is 109 Å². The number of amides is 1. The monoisotopic (exact) mass is 262 g/mol. The predicted molar refractivity (Wildman–Crippen MR) is 74.2 cm³/mol. The van der Waals surface area contributed by atoms with Crippen LogP contribution in [0.25, 0.3) is 0 Å². The Balaban J connectivity index is 3.12. The first-order chi connectivity index (χ1) is 8.31. The summed E-state index contributed by atoms with van der Waals surface area (Å²) in [6.07, 6.45) is 5.70. The molecule has 0 rings (SSSR count). The van der Waals surface area contributed by atoms with E-state index in [0.717, 1.165) is 56.7 Å². The molecular formula is C12H26N2O2S. The summed E-state index contributed by atoms with van der Waals surface area (Å²) >= 11 is 1.77. The van der Waals surface area contributed by atoms with Gasteiger partial charge in [-0.15, -0.1) is 0 Å². The molecule has 0 aliphatic heterocycles. The predicted octanol–water partition coefficient (Wildman–Crippen LogP) is 1.13. The maximum atomic E-state index is 11.4. The zero-order valence-corrected chi connectivity index (χ0v) is 11.4. The molecule has 1 amide bonds. The molecule has 0 aromatic carbocycles. The Bertz CT molecular complexity index is 180. The first-order valence-corrected chi connectivity index (χ1v) is 7.62. The fourth-order valence-corrected chi connectivity index (χ4v) is 2.19. The van der Waals surface area contributed by atoms with E-state index in [1.807, 2.05) is 0 Å². The van der Waals surface area contributed by atoms with E-state index in [-0.39, 0.29) is 12.5 Å². The molecule has 0 bridgehead atoms. The van der Waals surface area contributed by atoms with Crippen molar-refractivity contribution in [1.29, 1.82) is 0 Å². The summed E-state index contributed by atoms with van der Waals surface area (Å²) in [6, 6.07) is 0. The van der Waals surface area contributed by atoms with Crippen molar-refractivity contribution in [2.45, 2.75) is 38.5 Å². The van der Waals surface area contributed by atoms with Gasteiger partial charge in [0, 0.05) is 25.3 Å². The van der Waals surface area contributed by atoms with Gasteiger partial charge in [0.25, 0.3) is 0 Å². The number of aliphatic hydroxyl groups excluding tert-OH is 1. The van der Waals surface area contributed by atoms with Gasteiger partial charge in [0.1, 0.15) is 0 Å². The van der Waals surface area contributed by atoms with E-state index in [1.54, 1.807) is 11.8 Å². The van der Waals surface area contributed by atoms with Gasteiger partial charge in [0.15, 0.2) is 0 Å². The summed E-state index contributed by atoms with van der Waals surface area (Å²) in [6.45, 7) is 1.73. The highest BCUT2D eigenvalue weighted by Crippen LogP contribution is 2.03. The van der Waals surface area contributed by atoms with Gasteiger partial charge in [0.2, 0.25) is 5.91 Å². The van der Waals surface area contributed by atoms with Gasteiger partial charge in [-0.2, -0.15) is 11.8 Å². The lowest BCUT2D eigenvalue weighted by atomic mass is 10.1. The van der Waals surface area contributed by atoms with Gasteiger partial charge in [0.05, 0.1) is 0 Å². The molecule has 17 heavy (non-hydrogen) atoms. The summed E-state index contributed by atoms with van der Waals surface area (Å²) < 4.78 is 0. The van der Waals surface area contributed by atoms with E-state index in [4.69, 9.17) is 10.8 Å². The van der Waals surface area contributed by atoms with E-state index in [2.05, 4.69) is 5.32 Å². The summed E-state index contributed by atoms with van der Waals surface area (Å²) in [7, 11) is 0. The number of rotatable bonds is 12. The van der Waals surface area contributed by atoms with Gasteiger partial charge < -0.3 is 16.2 Å². The van der Waals surface area contributed by atoms with Crippen LogP contribution in [0.4, 0.5) is 0 Å². The smallest absolute Gasteiger partial charge is 0.220 e. The van der Waals surface area contributed by atoms with E-state index in [0.29, 0.717) is 6.42 Å². The minimum atomic E-state index is 0.153. The fourth-order valence-electron chi connectivity index (χ4n) is 1.40. The molecule has 5 heteroatoms. The van der Waals surface area contributed by atoms with Crippen LogP contribution >= 0.6 is 11.8 Å². The highest BCUT2D eigenvalue weighted by molar-refractivity contribution is 7.99. The van der Waals surface area contributed by atoms with Gasteiger partial charge in [-0.05, 0) is 31.6 Å². The van der Waals surface area contributed by atoms with Gasteiger partial charge in [-0.25, -0.2) is 0 Å². The Hall–Kier alpha value is -0.260. The van der Waals surface area contributed by atoms with Crippen molar-refractivity contribution in [3.8, 4) is 0 Å². The number of carbonyl (C=O) groups excluding carboxylic acids is 1. The number of thioether (sulfide) groups is 1. The molecule has 0 radical (unpaired) electrons. The molecule has 4 N–H and O–H groups in total. The second-order valence-electron chi connectivity index (χ2n) is 3.99. The first kappa shape index (κ1) is 16.7. The van der Waals surface area contributed by atoms with Crippen molar-refractivity contribution in [3.63, 3.8) is 0 Å². The number of nitrogens with two attached hydrogens (primary N) is 1. The average Bonchev–Trinajstić information content (AvgIpc) is 2.33. The van der Waals surface area contributed by atoms with Crippen molar-refractivity contribution in [1.82, 2.24) is 5.32 Å². The largest absolute Gasteiger partial charge is 0.396 e. The normalized spacial score (nSPS) is 10.5. The molecule has 0 aliphatic rings. The standard InChI is InChI=1S/C12H26N2O2S/c13-7-4-2-1-3-6-12(16)14-8-11-17-10-5-9-15/h15H,1-11,13H2,(H,14,16). The molecule has 0 heterocycles. The van der Waals surface area contributed by atoms with Crippen LogP contribution in [0.5, 0.6) is 0 Å². The molecular weight excluding hydrogens is 236 g/mol.